The molecule has 1 heterocycles. The summed E-state index contributed by atoms with van der Waals surface area (Å²) in [7, 11) is 0. The summed E-state index contributed by atoms with van der Waals surface area (Å²) in [6.07, 6.45) is 3.11. The monoisotopic (exact) mass is 221 g/mol. The first-order chi connectivity index (χ1) is 7.52. The first-order valence-corrected chi connectivity index (χ1v) is 5.78. The average Bonchev–Trinajstić information content (AvgIpc) is 2.55. The summed E-state index contributed by atoms with van der Waals surface area (Å²) in [5.74, 6) is -0.291. The highest BCUT2D eigenvalue weighted by atomic mass is 16.1. The van der Waals surface area contributed by atoms with Gasteiger partial charge in [-0.3, -0.25) is 4.79 Å². The van der Waals surface area contributed by atoms with E-state index in [1.807, 2.05) is 18.4 Å². The highest BCUT2D eigenvalue weighted by Gasteiger charge is 2.25. The van der Waals surface area contributed by atoms with Crippen LogP contribution in [-0.2, 0) is 11.2 Å². The lowest BCUT2D eigenvalue weighted by atomic mass is 9.93. The van der Waals surface area contributed by atoms with Crippen molar-refractivity contribution in [3.05, 3.63) is 23.0 Å². The van der Waals surface area contributed by atoms with E-state index in [1.165, 1.54) is 11.3 Å². The van der Waals surface area contributed by atoms with Crippen molar-refractivity contribution in [1.82, 2.24) is 4.57 Å². The quantitative estimate of drug-likeness (QED) is 0.787. The van der Waals surface area contributed by atoms with Gasteiger partial charge in [0.1, 0.15) is 6.04 Å². The van der Waals surface area contributed by atoms with Crippen molar-refractivity contribution in [2.24, 2.45) is 11.5 Å². The predicted octanol–water partition coefficient (Wildman–Crippen LogP) is 1.18. The first kappa shape index (κ1) is 11.2. The van der Waals surface area contributed by atoms with E-state index in [-0.39, 0.29) is 18.0 Å². The summed E-state index contributed by atoms with van der Waals surface area (Å²) in [5.41, 5.74) is 14.9. The number of carbonyl (C=O) groups excluding carboxylic acids is 1. The summed E-state index contributed by atoms with van der Waals surface area (Å²) in [5, 5.41) is 0. The third-order valence-electron chi connectivity index (χ3n) is 3.50. The number of hydrogen-bond acceptors (Lipinski definition) is 2. The van der Waals surface area contributed by atoms with Crippen LogP contribution in [0.1, 0.15) is 48.8 Å². The van der Waals surface area contributed by atoms with Gasteiger partial charge >= 0.3 is 0 Å². The maximum atomic E-state index is 11.3. The van der Waals surface area contributed by atoms with Crippen LogP contribution < -0.4 is 11.5 Å². The molecule has 0 spiro atoms. The largest absolute Gasteiger partial charge is 0.368 e. The Bertz CT molecular complexity index is 422. The van der Waals surface area contributed by atoms with Gasteiger partial charge in [0.2, 0.25) is 5.91 Å². The molecule has 1 aromatic heterocycles. The Hall–Kier alpha value is -1.29. The molecule has 4 heteroatoms. The fourth-order valence-corrected chi connectivity index (χ4v) is 2.63. The molecule has 0 saturated carbocycles. The zero-order valence-corrected chi connectivity index (χ0v) is 9.86. The van der Waals surface area contributed by atoms with E-state index in [0.717, 1.165) is 25.0 Å². The first-order valence-electron chi connectivity index (χ1n) is 5.78. The molecular formula is C12H19N3O. The molecule has 0 fully saturated rings. The van der Waals surface area contributed by atoms with Crippen LogP contribution in [0.15, 0.2) is 6.07 Å². The molecule has 0 aliphatic heterocycles. The van der Waals surface area contributed by atoms with Crippen LogP contribution in [0.25, 0.3) is 0 Å². The van der Waals surface area contributed by atoms with Gasteiger partial charge in [0.15, 0.2) is 0 Å². The van der Waals surface area contributed by atoms with E-state index >= 15 is 0 Å². The molecule has 0 radical (unpaired) electrons. The van der Waals surface area contributed by atoms with E-state index in [2.05, 4.69) is 6.07 Å². The predicted molar refractivity (Wildman–Crippen MR) is 62.9 cm³/mol. The van der Waals surface area contributed by atoms with Crippen LogP contribution in [0.2, 0.25) is 0 Å². The van der Waals surface area contributed by atoms with Gasteiger partial charge in [0.25, 0.3) is 0 Å². The lowest BCUT2D eigenvalue weighted by Gasteiger charge is -2.23. The summed E-state index contributed by atoms with van der Waals surface area (Å²) < 4.78 is 2.04. The van der Waals surface area contributed by atoms with Gasteiger partial charge < -0.3 is 16.0 Å². The topological polar surface area (TPSA) is 74.0 Å². The highest BCUT2D eigenvalue weighted by Crippen LogP contribution is 2.32. The van der Waals surface area contributed by atoms with Gasteiger partial charge in [-0.15, -0.1) is 0 Å². The zero-order valence-electron chi connectivity index (χ0n) is 9.86. The SMILES string of the molecule is Cc1cc2c(n1C(C)C(N)=O)CCCC2N. The Labute approximate surface area is 95.6 Å². The Kier molecular flexibility index (Phi) is 2.76. The van der Waals surface area contributed by atoms with Crippen molar-refractivity contribution >= 4 is 5.91 Å². The molecule has 1 aromatic rings. The van der Waals surface area contributed by atoms with Crippen molar-refractivity contribution < 1.29 is 4.79 Å². The molecule has 2 atom stereocenters. The molecule has 16 heavy (non-hydrogen) atoms. The van der Waals surface area contributed by atoms with Gasteiger partial charge in [-0.05, 0) is 44.7 Å². The van der Waals surface area contributed by atoms with Crippen LogP contribution in [0, 0.1) is 6.92 Å². The van der Waals surface area contributed by atoms with E-state index < -0.39 is 0 Å². The number of fused-ring (bicyclic) bond motifs is 1. The zero-order chi connectivity index (χ0) is 11.9. The number of aromatic nitrogens is 1. The van der Waals surface area contributed by atoms with Crippen molar-refractivity contribution in [3.63, 3.8) is 0 Å². The second-order valence-electron chi connectivity index (χ2n) is 4.63. The van der Waals surface area contributed by atoms with Crippen LogP contribution in [0.3, 0.4) is 0 Å². The minimum absolute atomic E-state index is 0.115. The number of aryl methyl sites for hydroxylation is 1. The summed E-state index contributed by atoms with van der Waals surface area (Å²) in [4.78, 5) is 11.3. The van der Waals surface area contributed by atoms with E-state index in [9.17, 15) is 4.79 Å². The molecule has 1 amide bonds. The molecule has 88 valence electrons. The number of nitrogens with two attached hydrogens (primary N) is 2. The van der Waals surface area contributed by atoms with Crippen molar-refractivity contribution in [2.45, 2.75) is 45.2 Å². The van der Waals surface area contributed by atoms with E-state index in [1.54, 1.807) is 0 Å². The Morgan fingerprint density at radius 1 is 1.62 bits per heavy atom. The maximum Gasteiger partial charge on any atom is 0.240 e. The normalized spacial score (nSPS) is 21.6. The van der Waals surface area contributed by atoms with Gasteiger partial charge in [-0.2, -0.15) is 0 Å². The number of amides is 1. The average molecular weight is 221 g/mol. The fraction of sp³-hybridized carbons (Fsp3) is 0.583. The molecule has 2 rings (SSSR count). The Morgan fingerprint density at radius 3 is 2.94 bits per heavy atom. The van der Waals surface area contributed by atoms with Gasteiger partial charge in [-0.1, -0.05) is 0 Å². The minimum Gasteiger partial charge on any atom is -0.368 e. The summed E-state index contributed by atoms with van der Waals surface area (Å²) in [6, 6.07) is 1.93. The van der Waals surface area contributed by atoms with Gasteiger partial charge in [0.05, 0.1) is 0 Å². The van der Waals surface area contributed by atoms with E-state index in [4.69, 9.17) is 11.5 Å². The lowest BCUT2D eigenvalue weighted by molar-refractivity contribution is -0.120. The Balaban J connectivity index is 2.50. The lowest BCUT2D eigenvalue weighted by Crippen LogP contribution is -2.27. The fourth-order valence-electron chi connectivity index (χ4n) is 2.63. The van der Waals surface area contributed by atoms with E-state index in [0.29, 0.717) is 0 Å². The molecular weight excluding hydrogens is 202 g/mol. The molecule has 4 N–H and O–H groups in total. The van der Waals surface area contributed by atoms with Crippen molar-refractivity contribution in [2.75, 3.05) is 0 Å². The second kappa shape index (κ2) is 3.94. The molecule has 0 aromatic carbocycles. The third-order valence-corrected chi connectivity index (χ3v) is 3.50. The maximum absolute atomic E-state index is 11.3. The smallest absolute Gasteiger partial charge is 0.240 e. The molecule has 1 aliphatic carbocycles. The molecule has 4 nitrogen and oxygen atoms in total. The molecule has 0 bridgehead atoms. The molecule has 0 saturated heterocycles. The molecule has 2 unspecified atom stereocenters. The highest BCUT2D eigenvalue weighted by molar-refractivity contribution is 5.78. The van der Waals surface area contributed by atoms with Crippen molar-refractivity contribution in [1.29, 1.82) is 0 Å². The van der Waals surface area contributed by atoms with Gasteiger partial charge in [-0.25, -0.2) is 0 Å². The number of primary amides is 1. The van der Waals surface area contributed by atoms with Gasteiger partial charge in [0, 0.05) is 17.4 Å². The van der Waals surface area contributed by atoms with Crippen LogP contribution in [-0.4, -0.2) is 10.5 Å². The number of nitrogens with zero attached hydrogens (tertiary/aromatic N) is 1. The molecule has 1 aliphatic rings. The summed E-state index contributed by atoms with van der Waals surface area (Å²) >= 11 is 0. The van der Waals surface area contributed by atoms with Crippen molar-refractivity contribution in [3.8, 4) is 0 Å². The number of rotatable bonds is 2. The number of carbonyl (C=O) groups is 1. The van der Waals surface area contributed by atoms with Crippen LogP contribution in [0.5, 0.6) is 0 Å². The van der Waals surface area contributed by atoms with Crippen LogP contribution >= 0.6 is 0 Å². The second-order valence-corrected chi connectivity index (χ2v) is 4.63. The third kappa shape index (κ3) is 1.63. The Morgan fingerprint density at radius 2 is 2.31 bits per heavy atom. The number of hydrogen-bond donors (Lipinski definition) is 2. The minimum atomic E-state index is -0.291. The summed E-state index contributed by atoms with van der Waals surface area (Å²) in [6.45, 7) is 3.85. The standard InChI is InChI=1S/C12H19N3O/c1-7-6-9-10(13)4-3-5-11(9)15(7)8(2)12(14)16/h6,8,10H,3-5,13H2,1-2H3,(H2,14,16). The van der Waals surface area contributed by atoms with Crippen LogP contribution in [0.4, 0.5) is 0 Å².